The van der Waals surface area contributed by atoms with Crippen molar-refractivity contribution in [1.82, 2.24) is 9.88 Å². The predicted octanol–water partition coefficient (Wildman–Crippen LogP) is 4.52. The number of hydrogen-bond acceptors (Lipinski definition) is 3. The van der Waals surface area contributed by atoms with E-state index in [1.807, 2.05) is 0 Å². The second kappa shape index (κ2) is 9.37. The largest absolute Gasteiger partial charge is 0.397 e. The summed E-state index contributed by atoms with van der Waals surface area (Å²) in [5, 5.41) is 12.4. The van der Waals surface area contributed by atoms with Gasteiger partial charge < -0.3 is 20.3 Å². The molecule has 3 N–H and O–H groups in total. The molecule has 0 amide bonds. The normalized spacial score (nSPS) is 14.1. The van der Waals surface area contributed by atoms with Crippen molar-refractivity contribution in [2.45, 2.75) is 13.3 Å². The van der Waals surface area contributed by atoms with E-state index in [1.54, 1.807) is 6.92 Å². The summed E-state index contributed by atoms with van der Waals surface area (Å²) < 4.78 is 1.10. The predicted molar refractivity (Wildman–Crippen MR) is 122 cm³/mol. The molecule has 1 aliphatic rings. The van der Waals surface area contributed by atoms with Gasteiger partial charge in [-0.15, -0.1) is 0 Å². The maximum atomic E-state index is 7.57. The number of para-hydroxylation sites is 1. The van der Waals surface area contributed by atoms with Crippen LogP contribution in [0.2, 0.25) is 0 Å². The molecule has 0 saturated heterocycles. The summed E-state index contributed by atoms with van der Waals surface area (Å²) in [6.45, 7) is 3.66. The van der Waals surface area contributed by atoms with E-state index in [0.29, 0.717) is 0 Å². The standard InChI is InChI=1S/C20H21BrN4.C2H6O/c1-25(2)10-9-22-19-12-16-15-11-13(21)7-8-18(15)24-20(16)14-5-3-4-6-17(14)23-19;1-2-3/h3-8,11,24H,9-10,12H2,1-2H3,(H,22,23);3H,2H2,1H3. The number of aliphatic imine (C=N–C) groups is 1. The van der Waals surface area contributed by atoms with Gasteiger partial charge in [0, 0.05) is 46.2 Å². The number of aliphatic hydroxyl groups excluding tert-OH is 1. The molecule has 6 heteroatoms. The van der Waals surface area contributed by atoms with Gasteiger partial charge >= 0.3 is 0 Å². The molecule has 1 aliphatic heterocycles. The van der Waals surface area contributed by atoms with Gasteiger partial charge in [0.25, 0.3) is 0 Å². The molecule has 4 rings (SSSR count). The van der Waals surface area contributed by atoms with Crippen molar-refractivity contribution in [3.05, 3.63) is 52.5 Å². The van der Waals surface area contributed by atoms with Crippen molar-refractivity contribution < 1.29 is 5.11 Å². The van der Waals surface area contributed by atoms with Crippen LogP contribution < -0.4 is 5.32 Å². The lowest BCUT2D eigenvalue weighted by Gasteiger charge is -2.11. The SMILES string of the molecule is CCO.CN(C)CCN=C1Cc2c([nH]c3ccc(Br)cc23)-c2ccccc2N1. The molecule has 3 aromatic rings. The van der Waals surface area contributed by atoms with Gasteiger partial charge in [0.15, 0.2) is 0 Å². The second-order valence-electron chi connectivity index (χ2n) is 6.96. The zero-order chi connectivity index (χ0) is 20.1. The third kappa shape index (κ3) is 4.63. The van der Waals surface area contributed by atoms with Gasteiger partial charge in [-0.2, -0.15) is 0 Å². The molecule has 2 aromatic carbocycles. The van der Waals surface area contributed by atoms with Gasteiger partial charge in [0.05, 0.1) is 12.2 Å². The Balaban J connectivity index is 0.000000706. The number of aromatic nitrogens is 1. The first-order valence-electron chi connectivity index (χ1n) is 9.49. The van der Waals surface area contributed by atoms with Crippen LogP contribution in [0, 0.1) is 0 Å². The van der Waals surface area contributed by atoms with Gasteiger partial charge in [-0.05, 0) is 50.8 Å². The first-order chi connectivity index (χ1) is 13.5. The number of hydrogen-bond donors (Lipinski definition) is 3. The van der Waals surface area contributed by atoms with Crippen LogP contribution in [0.3, 0.4) is 0 Å². The number of anilines is 1. The van der Waals surface area contributed by atoms with Crippen LogP contribution in [0.1, 0.15) is 12.5 Å². The van der Waals surface area contributed by atoms with E-state index in [1.165, 1.54) is 22.2 Å². The zero-order valence-electron chi connectivity index (χ0n) is 16.6. The van der Waals surface area contributed by atoms with Crippen LogP contribution in [-0.4, -0.2) is 54.6 Å². The summed E-state index contributed by atoms with van der Waals surface area (Å²) in [7, 11) is 4.15. The zero-order valence-corrected chi connectivity index (χ0v) is 18.2. The summed E-state index contributed by atoms with van der Waals surface area (Å²) in [6, 6.07) is 14.8. The lowest BCUT2D eigenvalue weighted by atomic mass is 10.0. The average molecular weight is 443 g/mol. The number of nitrogens with one attached hydrogen (secondary N) is 2. The molecule has 0 fully saturated rings. The van der Waals surface area contributed by atoms with Crippen molar-refractivity contribution in [2.24, 2.45) is 4.99 Å². The smallest absolute Gasteiger partial charge is 0.105 e. The fourth-order valence-corrected chi connectivity index (χ4v) is 3.65. The van der Waals surface area contributed by atoms with E-state index >= 15 is 0 Å². The fraction of sp³-hybridized carbons (Fsp3) is 0.318. The molecule has 2 heterocycles. The molecule has 0 saturated carbocycles. The maximum Gasteiger partial charge on any atom is 0.105 e. The van der Waals surface area contributed by atoms with Crippen LogP contribution >= 0.6 is 15.9 Å². The van der Waals surface area contributed by atoms with E-state index in [0.717, 1.165) is 41.0 Å². The van der Waals surface area contributed by atoms with Gasteiger partial charge in [-0.1, -0.05) is 34.1 Å². The number of likely N-dealkylation sites (N-methyl/N-ethyl adjacent to an activating group) is 1. The minimum atomic E-state index is 0.250. The van der Waals surface area contributed by atoms with Crippen LogP contribution in [-0.2, 0) is 6.42 Å². The van der Waals surface area contributed by atoms with Crippen molar-refractivity contribution in [1.29, 1.82) is 0 Å². The lowest BCUT2D eigenvalue weighted by molar-refractivity contribution is 0.318. The maximum absolute atomic E-state index is 7.57. The molecule has 148 valence electrons. The van der Waals surface area contributed by atoms with Crippen molar-refractivity contribution in [3.8, 4) is 11.3 Å². The molecular formula is C22H27BrN4O. The topological polar surface area (TPSA) is 63.6 Å². The van der Waals surface area contributed by atoms with Crippen LogP contribution in [0.25, 0.3) is 22.2 Å². The number of fused-ring (bicyclic) bond motifs is 5. The Hall–Kier alpha value is -2.15. The summed E-state index contributed by atoms with van der Waals surface area (Å²) in [5.74, 6) is 1.02. The van der Waals surface area contributed by atoms with Gasteiger partial charge in [-0.25, -0.2) is 0 Å². The summed E-state index contributed by atoms with van der Waals surface area (Å²) >= 11 is 3.60. The Bertz CT molecular complexity index is 978. The van der Waals surface area contributed by atoms with E-state index in [2.05, 4.69) is 87.7 Å². The van der Waals surface area contributed by atoms with E-state index < -0.39 is 0 Å². The van der Waals surface area contributed by atoms with Gasteiger partial charge in [0.2, 0.25) is 0 Å². The number of aromatic amines is 1. The Labute approximate surface area is 174 Å². The van der Waals surface area contributed by atoms with E-state index in [-0.39, 0.29) is 6.61 Å². The number of aliphatic hydroxyl groups is 1. The molecule has 5 nitrogen and oxygen atoms in total. The Kier molecular flexibility index (Phi) is 6.88. The van der Waals surface area contributed by atoms with E-state index in [4.69, 9.17) is 10.1 Å². The molecule has 1 aromatic heterocycles. The third-order valence-electron chi connectivity index (χ3n) is 4.54. The third-order valence-corrected chi connectivity index (χ3v) is 5.03. The molecule has 28 heavy (non-hydrogen) atoms. The highest BCUT2D eigenvalue weighted by atomic mass is 79.9. The highest BCUT2D eigenvalue weighted by Gasteiger charge is 2.21. The Morgan fingerprint density at radius 1 is 1.18 bits per heavy atom. The summed E-state index contributed by atoms with van der Waals surface area (Å²) in [5.41, 5.74) is 5.96. The van der Waals surface area contributed by atoms with Crippen LogP contribution in [0.15, 0.2) is 51.9 Å². The van der Waals surface area contributed by atoms with Crippen molar-refractivity contribution in [2.75, 3.05) is 39.1 Å². The molecule has 0 bridgehead atoms. The Morgan fingerprint density at radius 2 is 1.93 bits per heavy atom. The highest BCUT2D eigenvalue weighted by molar-refractivity contribution is 9.10. The highest BCUT2D eigenvalue weighted by Crippen LogP contribution is 2.38. The van der Waals surface area contributed by atoms with Gasteiger partial charge in [-0.3, -0.25) is 4.99 Å². The lowest BCUT2D eigenvalue weighted by Crippen LogP contribution is -2.19. The minimum absolute atomic E-state index is 0.250. The molecule has 0 radical (unpaired) electrons. The monoisotopic (exact) mass is 442 g/mol. The van der Waals surface area contributed by atoms with Crippen LogP contribution in [0.4, 0.5) is 5.69 Å². The molecule has 0 unspecified atom stereocenters. The first-order valence-corrected chi connectivity index (χ1v) is 10.3. The quantitative estimate of drug-likeness (QED) is 0.558. The number of H-pyrrole nitrogens is 1. The molecule has 0 aliphatic carbocycles. The van der Waals surface area contributed by atoms with Crippen molar-refractivity contribution in [3.63, 3.8) is 0 Å². The van der Waals surface area contributed by atoms with Gasteiger partial charge in [0.1, 0.15) is 5.84 Å². The summed E-state index contributed by atoms with van der Waals surface area (Å²) in [6.07, 6.45) is 0.799. The number of amidine groups is 1. The Morgan fingerprint density at radius 3 is 2.68 bits per heavy atom. The molecular weight excluding hydrogens is 416 g/mol. The number of halogens is 1. The number of benzene rings is 2. The molecule has 0 spiro atoms. The average Bonchev–Trinajstić information content (AvgIpc) is 2.91. The number of rotatable bonds is 3. The number of nitrogens with zero attached hydrogens (tertiary/aromatic N) is 2. The fourth-order valence-electron chi connectivity index (χ4n) is 3.29. The molecule has 0 atom stereocenters. The van der Waals surface area contributed by atoms with Crippen LogP contribution in [0.5, 0.6) is 0 Å². The first kappa shape index (κ1) is 20.6. The second-order valence-corrected chi connectivity index (χ2v) is 7.88. The van der Waals surface area contributed by atoms with E-state index in [9.17, 15) is 0 Å². The van der Waals surface area contributed by atoms with Crippen molar-refractivity contribution >= 4 is 38.4 Å². The minimum Gasteiger partial charge on any atom is -0.397 e. The summed E-state index contributed by atoms with van der Waals surface area (Å²) in [4.78, 5) is 10.6.